The van der Waals surface area contributed by atoms with Gasteiger partial charge in [0.1, 0.15) is 12.2 Å². The SMILES string of the molecule is CN1CC[C@@]23c4c5ccc(O)c4O[C@H]2[C@H](O)C=C[C@@H]3[C@H]1C5. The highest BCUT2D eigenvalue weighted by Crippen LogP contribution is 2.62. The van der Waals surface area contributed by atoms with E-state index >= 15 is 0 Å². The van der Waals surface area contributed by atoms with Crippen LogP contribution in [-0.2, 0) is 11.8 Å². The lowest BCUT2D eigenvalue weighted by Gasteiger charge is -2.56. The highest BCUT2D eigenvalue weighted by molar-refractivity contribution is 5.61. The number of likely N-dealkylation sites (N-methyl/N-ethyl adjacent to an activating group) is 1. The van der Waals surface area contributed by atoms with Gasteiger partial charge in [0.2, 0.25) is 0 Å². The van der Waals surface area contributed by atoms with Crippen molar-refractivity contribution in [2.24, 2.45) is 5.92 Å². The molecule has 4 heteroatoms. The Bertz CT molecular complexity index is 670. The van der Waals surface area contributed by atoms with Crippen LogP contribution in [0.25, 0.3) is 0 Å². The zero-order chi connectivity index (χ0) is 14.4. The highest BCUT2D eigenvalue weighted by Gasteiger charge is 2.64. The summed E-state index contributed by atoms with van der Waals surface area (Å²) in [6.07, 6.45) is 5.18. The van der Waals surface area contributed by atoms with Crippen LogP contribution in [0, 0.1) is 5.92 Å². The smallest absolute Gasteiger partial charge is 0.165 e. The minimum atomic E-state index is -0.594. The van der Waals surface area contributed by atoms with Gasteiger partial charge in [-0.1, -0.05) is 18.2 Å². The van der Waals surface area contributed by atoms with E-state index in [1.807, 2.05) is 12.1 Å². The third kappa shape index (κ3) is 1.21. The van der Waals surface area contributed by atoms with Crippen molar-refractivity contribution in [1.29, 1.82) is 0 Å². The lowest BCUT2D eigenvalue weighted by Crippen LogP contribution is -2.64. The Morgan fingerprint density at radius 1 is 1.33 bits per heavy atom. The molecule has 5 rings (SSSR count). The molecule has 0 aromatic heterocycles. The Labute approximate surface area is 123 Å². The molecule has 0 amide bonds. The van der Waals surface area contributed by atoms with E-state index in [2.05, 4.69) is 18.0 Å². The van der Waals surface area contributed by atoms with Crippen molar-refractivity contribution < 1.29 is 14.9 Å². The summed E-state index contributed by atoms with van der Waals surface area (Å²) >= 11 is 0. The van der Waals surface area contributed by atoms with Crippen LogP contribution in [0.4, 0.5) is 0 Å². The van der Waals surface area contributed by atoms with Gasteiger partial charge < -0.3 is 19.8 Å². The third-order valence-corrected chi connectivity index (χ3v) is 6.15. The fraction of sp³-hybridized carbons (Fsp3) is 0.529. The number of nitrogens with zero attached hydrogens (tertiary/aromatic N) is 1. The number of phenols is 1. The van der Waals surface area contributed by atoms with Crippen LogP contribution >= 0.6 is 0 Å². The molecule has 4 nitrogen and oxygen atoms in total. The topological polar surface area (TPSA) is 52.9 Å². The maximum atomic E-state index is 10.4. The molecule has 4 aliphatic rings. The molecule has 2 aliphatic carbocycles. The number of aliphatic hydroxyl groups is 1. The first-order valence-electron chi connectivity index (χ1n) is 7.71. The second-order valence-electron chi connectivity index (χ2n) is 6.93. The Morgan fingerprint density at radius 3 is 3.05 bits per heavy atom. The van der Waals surface area contributed by atoms with Crippen LogP contribution in [0.5, 0.6) is 11.5 Å². The number of hydrogen-bond acceptors (Lipinski definition) is 4. The molecule has 0 unspecified atom stereocenters. The number of benzene rings is 1. The van der Waals surface area contributed by atoms with Crippen molar-refractivity contribution in [2.75, 3.05) is 13.6 Å². The molecular formula is C17H19NO3. The normalized spacial score (nSPS) is 42.6. The third-order valence-electron chi connectivity index (χ3n) is 6.15. The first-order chi connectivity index (χ1) is 10.1. The summed E-state index contributed by atoms with van der Waals surface area (Å²) in [6, 6.07) is 4.23. The standard InChI is InChI=1S/C17H19NO3/c1-18-7-6-17-10-3-5-13(20)16(17)21-15-12(19)4-2-9(14(15)17)8-11(10)18/h2-5,10-11,13,16,19-20H,6-8H2,1H3/t10-,11-,13-,16+,17-/m1/s1. The van der Waals surface area contributed by atoms with Gasteiger partial charge in [-0.3, -0.25) is 0 Å². The van der Waals surface area contributed by atoms with Gasteiger partial charge in [-0.15, -0.1) is 0 Å². The van der Waals surface area contributed by atoms with Gasteiger partial charge in [-0.25, -0.2) is 0 Å². The van der Waals surface area contributed by atoms with E-state index in [1.165, 1.54) is 11.1 Å². The van der Waals surface area contributed by atoms with Gasteiger partial charge in [0.15, 0.2) is 11.5 Å². The quantitative estimate of drug-likeness (QED) is 0.703. The molecule has 1 spiro atoms. The lowest BCUT2D eigenvalue weighted by atomic mass is 9.53. The molecule has 1 aromatic carbocycles. The Balaban J connectivity index is 1.84. The average Bonchev–Trinajstić information content (AvgIpc) is 2.83. The van der Waals surface area contributed by atoms with E-state index in [-0.39, 0.29) is 17.3 Å². The molecule has 21 heavy (non-hydrogen) atoms. The molecule has 1 fully saturated rings. The number of aliphatic hydroxyl groups excluding tert-OH is 1. The molecule has 5 atom stereocenters. The summed E-state index contributed by atoms with van der Waals surface area (Å²) in [5.41, 5.74) is 2.29. The number of hydrogen-bond donors (Lipinski definition) is 2. The van der Waals surface area contributed by atoms with Gasteiger partial charge in [0.05, 0.1) is 0 Å². The molecule has 2 aliphatic heterocycles. The van der Waals surface area contributed by atoms with E-state index in [0.717, 1.165) is 19.4 Å². The zero-order valence-corrected chi connectivity index (χ0v) is 12.0. The lowest BCUT2D eigenvalue weighted by molar-refractivity contribution is -0.0453. The van der Waals surface area contributed by atoms with Crippen molar-refractivity contribution in [3.8, 4) is 11.5 Å². The minimum absolute atomic E-state index is 0.160. The fourth-order valence-electron chi connectivity index (χ4n) is 5.24. The van der Waals surface area contributed by atoms with Crippen molar-refractivity contribution in [2.45, 2.75) is 36.5 Å². The summed E-state index contributed by atoms with van der Waals surface area (Å²) in [5.74, 6) is 1.19. The van der Waals surface area contributed by atoms with Gasteiger partial charge in [-0.2, -0.15) is 0 Å². The molecule has 110 valence electrons. The largest absolute Gasteiger partial charge is 0.504 e. The average molecular weight is 285 g/mol. The molecule has 2 heterocycles. The molecule has 0 saturated carbocycles. The second-order valence-corrected chi connectivity index (χ2v) is 6.93. The molecule has 2 bridgehead atoms. The zero-order valence-electron chi connectivity index (χ0n) is 12.0. The van der Waals surface area contributed by atoms with Crippen molar-refractivity contribution >= 4 is 0 Å². The number of piperidine rings is 1. The van der Waals surface area contributed by atoms with E-state index in [9.17, 15) is 10.2 Å². The number of phenolic OH excluding ortho intramolecular Hbond substituents is 1. The van der Waals surface area contributed by atoms with E-state index in [4.69, 9.17) is 4.74 Å². The van der Waals surface area contributed by atoms with Crippen LogP contribution in [0.2, 0.25) is 0 Å². The van der Waals surface area contributed by atoms with Gasteiger partial charge in [0.25, 0.3) is 0 Å². The first-order valence-corrected chi connectivity index (χ1v) is 7.71. The summed E-state index contributed by atoms with van der Waals surface area (Å²) < 4.78 is 6.09. The predicted molar refractivity (Wildman–Crippen MR) is 77.6 cm³/mol. The second kappa shape index (κ2) is 3.62. The van der Waals surface area contributed by atoms with Gasteiger partial charge in [0, 0.05) is 22.9 Å². The maximum Gasteiger partial charge on any atom is 0.165 e. The predicted octanol–water partition coefficient (Wildman–Crippen LogP) is 1.20. The van der Waals surface area contributed by atoms with Crippen LogP contribution < -0.4 is 4.74 Å². The Kier molecular flexibility index (Phi) is 2.08. The summed E-state index contributed by atoms with van der Waals surface area (Å²) in [6.45, 7) is 1.01. The molecular weight excluding hydrogens is 266 g/mol. The van der Waals surface area contributed by atoms with Crippen LogP contribution in [0.15, 0.2) is 24.3 Å². The Morgan fingerprint density at radius 2 is 2.19 bits per heavy atom. The van der Waals surface area contributed by atoms with Gasteiger partial charge in [-0.05, 0) is 38.1 Å². The van der Waals surface area contributed by atoms with E-state index in [0.29, 0.717) is 17.7 Å². The number of ether oxygens (including phenoxy) is 1. The fourth-order valence-corrected chi connectivity index (χ4v) is 5.24. The Hall–Kier alpha value is -1.52. The summed E-state index contributed by atoms with van der Waals surface area (Å²) in [4.78, 5) is 2.43. The van der Waals surface area contributed by atoms with Crippen LogP contribution in [0.3, 0.4) is 0 Å². The summed E-state index contributed by atoms with van der Waals surface area (Å²) in [7, 11) is 2.19. The number of likely N-dealkylation sites (tertiary alicyclic amines) is 1. The first kappa shape index (κ1) is 12.1. The number of rotatable bonds is 0. The molecule has 0 radical (unpaired) electrons. The van der Waals surface area contributed by atoms with E-state index in [1.54, 1.807) is 6.07 Å². The number of aromatic hydroxyl groups is 1. The van der Waals surface area contributed by atoms with Crippen molar-refractivity contribution in [3.63, 3.8) is 0 Å². The molecule has 1 saturated heterocycles. The van der Waals surface area contributed by atoms with E-state index < -0.39 is 6.10 Å². The van der Waals surface area contributed by atoms with Crippen molar-refractivity contribution in [3.05, 3.63) is 35.4 Å². The minimum Gasteiger partial charge on any atom is -0.504 e. The van der Waals surface area contributed by atoms with Crippen LogP contribution in [-0.4, -0.2) is 47.0 Å². The molecule has 2 N–H and O–H groups in total. The molecule has 1 aromatic rings. The summed E-state index contributed by atoms with van der Waals surface area (Å²) in [5, 5.41) is 20.6. The monoisotopic (exact) mass is 285 g/mol. The van der Waals surface area contributed by atoms with Crippen molar-refractivity contribution in [1.82, 2.24) is 4.90 Å². The van der Waals surface area contributed by atoms with Gasteiger partial charge >= 0.3 is 0 Å². The maximum absolute atomic E-state index is 10.4. The van der Waals surface area contributed by atoms with Crippen LogP contribution in [0.1, 0.15) is 17.5 Å². The highest BCUT2D eigenvalue weighted by atomic mass is 16.5.